The fraction of sp³-hybridized carbons (Fsp3) is 0.533. The number of thiazole rings is 1. The van der Waals surface area contributed by atoms with Crippen LogP contribution in [-0.4, -0.2) is 29.8 Å². The van der Waals surface area contributed by atoms with Gasteiger partial charge in [0.1, 0.15) is 0 Å². The van der Waals surface area contributed by atoms with Crippen LogP contribution in [0.5, 0.6) is 0 Å². The molecule has 0 unspecified atom stereocenters. The van der Waals surface area contributed by atoms with Crippen LogP contribution in [0.25, 0.3) is 10.2 Å². The Bertz CT molecular complexity index is 497. The number of hydrogen-bond acceptors (Lipinski definition) is 4. The van der Waals surface area contributed by atoms with E-state index in [9.17, 15) is 0 Å². The van der Waals surface area contributed by atoms with Gasteiger partial charge in [-0.1, -0.05) is 44.2 Å². The predicted octanol–water partition coefficient (Wildman–Crippen LogP) is 3.53. The molecule has 1 N–H and O–H groups in total. The monoisotopic (exact) mass is 278 g/mol. The molecule has 19 heavy (non-hydrogen) atoms. The number of aliphatic hydroxyl groups is 1. The first kappa shape index (κ1) is 14.3. The van der Waals surface area contributed by atoms with E-state index in [1.165, 1.54) is 4.70 Å². The molecule has 0 bridgehead atoms. The standard InChI is InChI=1S/C15H22N2OS/c1-15(2,3)11-17(9-6-10-18)14-16-12-7-4-5-8-13(12)19-14/h4-5,7-8,18H,6,9-11H2,1-3H3. The second-order valence-electron chi connectivity index (χ2n) is 6.02. The maximum Gasteiger partial charge on any atom is 0.186 e. The highest BCUT2D eigenvalue weighted by Gasteiger charge is 2.19. The first-order valence-electron chi connectivity index (χ1n) is 6.71. The molecule has 0 amide bonds. The summed E-state index contributed by atoms with van der Waals surface area (Å²) in [6.45, 7) is 8.72. The fourth-order valence-corrected chi connectivity index (χ4v) is 3.06. The van der Waals surface area contributed by atoms with Gasteiger partial charge in [-0.15, -0.1) is 0 Å². The van der Waals surface area contributed by atoms with Crippen LogP contribution < -0.4 is 4.90 Å². The van der Waals surface area contributed by atoms with Crippen molar-refractivity contribution in [3.8, 4) is 0 Å². The molecule has 0 aliphatic rings. The second kappa shape index (κ2) is 5.88. The zero-order chi connectivity index (χ0) is 13.9. The first-order chi connectivity index (χ1) is 8.99. The minimum absolute atomic E-state index is 0.216. The highest BCUT2D eigenvalue weighted by molar-refractivity contribution is 7.22. The molecule has 104 valence electrons. The lowest BCUT2D eigenvalue weighted by molar-refractivity contribution is 0.286. The second-order valence-corrected chi connectivity index (χ2v) is 7.03. The van der Waals surface area contributed by atoms with Crippen molar-refractivity contribution in [2.24, 2.45) is 5.41 Å². The van der Waals surface area contributed by atoms with E-state index in [1.54, 1.807) is 11.3 Å². The van der Waals surface area contributed by atoms with Gasteiger partial charge in [0.05, 0.1) is 10.2 Å². The maximum atomic E-state index is 9.06. The van der Waals surface area contributed by atoms with Crippen LogP contribution in [-0.2, 0) is 0 Å². The summed E-state index contributed by atoms with van der Waals surface area (Å²) in [4.78, 5) is 7.01. The van der Waals surface area contributed by atoms with Crippen molar-refractivity contribution in [1.29, 1.82) is 0 Å². The zero-order valence-corrected chi connectivity index (χ0v) is 12.7. The number of fused-ring (bicyclic) bond motifs is 1. The largest absolute Gasteiger partial charge is 0.396 e. The van der Waals surface area contributed by atoms with E-state index in [0.717, 1.165) is 30.2 Å². The van der Waals surface area contributed by atoms with Crippen molar-refractivity contribution in [3.05, 3.63) is 24.3 Å². The SMILES string of the molecule is CC(C)(C)CN(CCCO)c1nc2ccccc2s1. The molecule has 0 radical (unpaired) electrons. The quantitative estimate of drug-likeness (QED) is 0.909. The number of benzene rings is 1. The summed E-state index contributed by atoms with van der Waals surface area (Å²) >= 11 is 1.73. The third-order valence-electron chi connectivity index (χ3n) is 2.80. The van der Waals surface area contributed by atoms with Gasteiger partial charge in [-0.3, -0.25) is 0 Å². The van der Waals surface area contributed by atoms with Gasteiger partial charge in [0.15, 0.2) is 5.13 Å². The Balaban J connectivity index is 2.25. The molecule has 1 aromatic heterocycles. The van der Waals surface area contributed by atoms with E-state index in [0.29, 0.717) is 0 Å². The Hall–Kier alpha value is -1.13. The lowest BCUT2D eigenvalue weighted by Gasteiger charge is -2.29. The van der Waals surface area contributed by atoms with Gasteiger partial charge in [0.25, 0.3) is 0 Å². The molecule has 2 rings (SSSR count). The average molecular weight is 278 g/mol. The molecule has 1 heterocycles. The molecule has 0 saturated heterocycles. The highest BCUT2D eigenvalue weighted by atomic mass is 32.1. The van der Waals surface area contributed by atoms with Gasteiger partial charge < -0.3 is 10.0 Å². The van der Waals surface area contributed by atoms with Gasteiger partial charge in [-0.2, -0.15) is 0 Å². The van der Waals surface area contributed by atoms with Gasteiger partial charge in [-0.05, 0) is 24.0 Å². The summed E-state index contributed by atoms with van der Waals surface area (Å²) in [5.74, 6) is 0. The molecule has 3 nitrogen and oxygen atoms in total. The lowest BCUT2D eigenvalue weighted by atomic mass is 9.96. The number of aromatic nitrogens is 1. The number of rotatable bonds is 5. The molecule has 4 heteroatoms. The van der Waals surface area contributed by atoms with E-state index in [1.807, 2.05) is 12.1 Å². The summed E-state index contributed by atoms with van der Waals surface area (Å²) in [7, 11) is 0. The van der Waals surface area contributed by atoms with Crippen molar-refractivity contribution < 1.29 is 5.11 Å². The molecular formula is C15H22N2OS. The summed E-state index contributed by atoms with van der Waals surface area (Å²) in [6.07, 6.45) is 0.784. The third kappa shape index (κ3) is 3.91. The molecule has 1 aromatic carbocycles. The number of hydrogen-bond donors (Lipinski definition) is 1. The minimum Gasteiger partial charge on any atom is -0.396 e. The summed E-state index contributed by atoms with van der Waals surface area (Å²) in [5, 5.41) is 10.1. The minimum atomic E-state index is 0.216. The van der Waals surface area contributed by atoms with Crippen molar-refractivity contribution in [2.75, 3.05) is 24.6 Å². The van der Waals surface area contributed by atoms with Crippen LogP contribution in [0.3, 0.4) is 0 Å². The molecule has 0 aliphatic heterocycles. The number of para-hydroxylation sites is 1. The van der Waals surface area contributed by atoms with Gasteiger partial charge in [0.2, 0.25) is 0 Å². The molecular weight excluding hydrogens is 256 g/mol. The van der Waals surface area contributed by atoms with E-state index in [4.69, 9.17) is 10.1 Å². The smallest absolute Gasteiger partial charge is 0.186 e. The topological polar surface area (TPSA) is 36.4 Å². The number of nitrogens with zero attached hydrogens (tertiary/aromatic N) is 2. The normalized spacial score (nSPS) is 12.0. The Morgan fingerprint density at radius 2 is 2.00 bits per heavy atom. The van der Waals surface area contributed by atoms with E-state index in [-0.39, 0.29) is 12.0 Å². The van der Waals surface area contributed by atoms with Crippen LogP contribution in [0.2, 0.25) is 0 Å². The van der Waals surface area contributed by atoms with E-state index in [2.05, 4.69) is 37.8 Å². The van der Waals surface area contributed by atoms with E-state index >= 15 is 0 Å². The van der Waals surface area contributed by atoms with Gasteiger partial charge >= 0.3 is 0 Å². The molecule has 0 atom stereocenters. The number of anilines is 1. The van der Waals surface area contributed by atoms with Crippen molar-refractivity contribution in [1.82, 2.24) is 4.98 Å². The van der Waals surface area contributed by atoms with Crippen LogP contribution in [0.4, 0.5) is 5.13 Å². The molecule has 0 fully saturated rings. The van der Waals surface area contributed by atoms with Gasteiger partial charge in [0, 0.05) is 19.7 Å². The van der Waals surface area contributed by atoms with Crippen LogP contribution in [0.15, 0.2) is 24.3 Å². The summed E-state index contributed by atoms with van der Waals surface area (Å²) in [6, 6.07) is 8.23. The van der Waals surface area contributed by atoms with Crippen LogP contribution in [0.1, 0.15) is 27.2 Å². The average Bonchev–Trinajstić information content (AvgIpc) is 2.76. The molecule has 0 aliphatic carbocycles. The van der Waals surface area contributed by atoms with Crippen molar-refractivity contribution in [3.63, 3.8) is 0 Å². The van der Waals surface area contributed by atoms with Crippen LogP contribution >= 0.6 is 11.3 Å². The highest BCUT2D eigenvalue weighted by Crippen LogP contribution is 2.30. The Labute approximate surface area is 118 Å². The zero-order valence-electron chi connectivity index (χ0n) is 11.9. The molecule has 2 aromatic rings. The predicted molar refractivity (Wildman–Crippen MR) is 83.0 cm³/mol. The van der Waals surface area contributed by atoms with Crippen molar-refractivity contribution in [2.45, 2.75) is 27.2 Å². The Kier molecular flexibility index (Phi) is 4.42. The molecule has 0 saturated carbocycles. The summed E-state index contributed by atoms with van der Waals surface area (Å²) < 4.78 is 1.22. The Morgan fingerprint density at radius 1 is 1.26 bits per heavy atom. The third-order valence-corrected chi connectivity index (χ3v) is 3.90. The molecule has 0 spiro atoms. The summed E-state index contributed by atoms with van der Waals surface area (Å²) in [5.41, 5.74) is 1.28. The number of aliphatic hydroxyl groups excluding tert-OH is 1. The van der Waals surface area contributed by atoms with Crippen molar-refractivity contribution >= 4 is 26.7 Å². The van der Waals surface area contributed by atoms with E-state index < -0.39 is 0 Å². The maximum absolute atomic E-state index is 9.06. The van der Waals surface area contributed by atoms with Crippen LogP contribution in [0, 0.1) is 5.41 Å². The Morgan fingerprint density at radius 3 is 2.63 bits per heavy atom. The van der Waals surface area contributed by atoms with Gasteiger partial charge in [-0.25, -0.2) is 4.98 Å². The first-order valence-corrected chi connectivity index (χ1v) is 7.53. The lowest BCUT2D eigenvalue weighted by Crippen LogP contribution is -2.33. The fourth-order valence-electron chi connectivity index (χ4n) is 2.07.